The third-order valence-corrected chi connectivity index (χ3v) is 4.39. The van der Waals surface area contributed by atoms with Crippen molar-refractivity contribution < 1.29 is 9.90 Å². The van der Waals surface area contributed by atoms with E-state index in [4.69, 9.17) is 0 Å². The molecule has 1 aliphatic heterocycles. The third-order valence-electron chi connectivity index (χ3n) is 3.61. The van der Waals surface area contributed by atoms with Crippen LogP contribution in [0, 0.1) is 0 Å². The molecule has 0 radical (unpaired) electrons. The minimum atomic E-state index is -0.218. The predicted octanol–water partition coefficient (Wildman–Crippen LogP) is 2.76. The standard InChI is InChI=1S/C15H20BrNO2/c16-14-6-2-1-4-12(14)5-3-7-15(19)17-10-8-13(18)9-11-17/h1-2,4,6,13,18H,3,5,7-11H2. The van der Waals surface area contributed by atoms with Gasteiger partial charge in [0.2, 0.25) is 5.91 Å². The number of likely N-dealkylation sites (tertiary alicyclic amines) is 1. The van der Waals surface area contributed by atoms with E-state index in [0.29, 0.717) is 19.5 Å². The van der Waals surface area contributed by atoms with Crippen LogP contribution in [-0.2, 0) is 11.2 Å². The Bertz CT molecular complexity index is 428. The SMILES string of the molecule is O=C(CCCc1ccccc1Br)N1CCC(O)CC1. The van der Waals surface area contributed by atoms with E-state index in [9.17, 15) is 9.90 Å². The van der Waals surface area contributed by atoms with Gasteiger partial charge in [-0.2, -0.15) is 0 Å². The monoisotopic (exact) mass is 325 g/mol. The second-order valence-corrected chi connectivity index (χ2v) is 5.91. The summed E-state index contributed by atoms with van der Waals surface area (Å²) in [5, 5.41) is 9.42. The Morgan fingerprint density at radius 2 is 2.00 bits per heavy atom. The number of carbonyl (C=O) groups is 1. The van der Waals surface area contributed by atoms with Crippen LogP contribution in [0.15, 0.2) is 28.7 Å². The first-order valence-electron chi connectivity index (χ1n) is 6.86. The summed E-state index contributed by atoms with van der Waals surface area (Å²) in [6.45, 7) is 1.41. The third kappa shape index (κ3) is 4.32. The summed E-state index contributed by atoms with van der Waals surface area (Å²) in [6.07, 6.45) is 3.61. The molecule has 0 atom stereocenters. The van der Waals surface area contributed by atoms with Crippen molar-refractivity contribution in [1.29, 1.82) is 0 Å². The number of benzene rings is 1. The van der Waals surface area contributed by atoms with Crippen molar-refractivity contribution in [2.45, 2.75) is 38.2 Å². The summed E-state index contributed by atoms with van der Waals surface area (Å²) in [7, 11) is 0. The zero-order valence-electron chi connectivity index (χ0n) is 11.0. The topological polar surface area (TPSA) is 40.5 Å². The maximum atomic E-state index is 12.0. The summed E-state index contributed by atoms with van der Waals surface area (Å²) >= 11 is 3.52. The molecule has 1 N–H and O–H groups in total. The predicted molar refractivity (Wildman–Crippen MR) is 78.9 cm³/mol. The minimum Gasteiger partial charge on any atom is -0.393 e. The summed E-state index contributed by atoms with van der Waals surface area (Å²) in [5.74, 6) is 0.221. The first kappa shape index (κ1) is 14.5. The van der Waals surface area contributed by atoms with Crippen molar-refractivity contribution in [2.24, 2.45) is 0 Å². The lowest BCUT2D eigenvalue weighted by Gasteiger charge is -2.29. The van der Waals surface area contributed by atoms with Crippen molar-refractivity contribution in [2.75, 3.05) is 13.1 Å². The van der Waals surface area contributed by atoms with Crippen LogP contribution >= 0.6 is 15.9 Å². The summed E-state index contributed by atoms with van der Waals surface area (Å²) in [6, 6.07) is 8.14. The molecule has 3 nitrogen and oxygen atoms in total. The van der Waals surface area contributed by atoms with Crippen LogP contribution in [0.3, 0.4) is 0 Å². The van der Waals surface area contributed by atoms with Crippen molar-refractivity contribution >= 4 is 21.8 Å². The molecule has 0 aromatic heterocycles. The summed E-state index contributed by atoms with van der Waals surface area (Å²) < 4.78 is 1.11. The zero-order valence-corrected chi connectivity index (χ0v) is 12.6. The highest BCUT2D eigenvalue weighted by molar-refractivity contribution is 9.10. The Morgan fingerprint density at radius 1 is 1.32 bits per heavy atom. The molecule has 19 heavy (non-hydrogen) atoms. The average Bonchev–Trinajstić information content (AvgIpc) is 2.41. The Labute approximate surface area is 122 Å². The molecule has 4 heteroatoms. The van der Waals surface area contributed by atoms with Crippen molar-refractivity contribution in [1.82, 2.24) is 4.90 Å². The van der Waals surface area contributed by atoms with Crippen LogP contribution in [0.25, 0.3) is 0 Å². The van der Waals surface area contributed by atoms with Crippen LogP contribution in [0.4, 0.5) is 0 Å². The van der Waals surface area contributed by atoms with Crippen molar-refractivity contribution in [3.05, 3.63) is 34.3 Å². The maximum Gasteiger partial charge on any atom is 0.222 e. The first-order chi connectivity index (χ1) is 9.16. The molecular formula is C15H20BrNO2. The van der Waals surface area contributed by atoms with Crippen LogP contribution in [0.2, 0.25) is 0 Å². The molecule has 1 fully saturated rings. The van der Waals surface area contributed by atoms with E-state index in [1.54, 1.807) is 0 Å². The maximum absolute atomic E-state index is 12.0. The van der Waals surface area contributed by atoms with E-state index in [2.05, 4.69) is 22.0 Å². The number of hydrogen-bond donors (Lipinski definition) is 1. The van der Waals surface area contributed by atoms with Gasteiger partial charge in [-0.1, -0.05) is 34.1 Å². The number of halogens is 1. The molecule has 1 aliphatic rings. The van der Waals surface area contributed by atoms with Crippen LogP contribution < -0.4 is 0 Å². The van der Waals surface area contributed by atoms with Crippen LogP contribution in [0.5, 0.6) is 0 Å². The number of aryl methyl sites for hydroxylation is 1. The largest absolute Gasteiger partial charge is 0.393 e. The number of aliphatic hydroxyl groups excluding tert-OH is 1. The van der Waals surface area contributed by atoms with Crippen molar-refractivity contribution in [3.63, 3.8) is 0 Å². The highest BCUT2D eigenvalue weighted by atomic mass is 79.9. The van der Waals surface area contributed by atoms with Gasteiger partial charge in [0.1, 0.15) is 0 Å². The van der Waals surface area contributed by atoms with Gasteiger partial charge >= 0.3 is 0 Å². The van der Waals surface area contributed by atoms with Crippen molar-refractivity contribution in [3.8, 4) is 0 Å². The van der Waals surface area contributed by atoms with Gasteiger partial charge in [0, 0.05) is 24.0 Å². The molecule has 0 unspecified atom stereocenters. The smallest absolute Gasteiger partial charge is 0.222 e. The fourth-order valence-corrected chi connectivity index (χ4v) is 2.89. The fraction of sp³-hybridized carbons (Fsp3) is 0.533. The lowest BCUT2D eigenvalue weighted by molar-refractivity contribution is -0.133. The molecule has 0 spiro atoms. The van der Waals surface area contributed by atoms with Gasteiger partial charge in [-0.05, 0) is 37.3 Å². The molecule has 1 heterocycles. The summed E-state index contributed by atoms with van der Waals surface area (Å²) in [4.78, 5) is 13.9. The number of nitrogens with zero attached hydrogens (tertiary/aromatic N) is 1. The second kappa shape index (κ2) is 7.06. The molecule has 0 saturated carbocycles. The molecule has 0 aliphatic carbocycles. The van der Waals surface area contributed by atoms with Crippen LogP contribution in [0.1, 0.15) is 31.2 Å². The number of hydrogen-bond acceptors (Lipinski definition) is 2. The molecule has 1 amide bonds. The van der Waals surface area contributed by atoms with E-state index in [1.165, 1.54) is 5.56 Å². The van der Waals surface area contributed by atoms with Gasteiger partial charge in [-0.15, -0.1) is 0 Å². The lowest BCUT2D eigenvalue weighted by atomic mass is 10.1. The van der Waals surface area contributed by atoms with E-state index in [-0.39, 0.29) is 12.0 Å². The number of piperidine rings is 1. The van der Waals surface area contributed by atoms with Gasteiger partial charge in [-0.3, -0.25) is 4.79 Å². The highest BCUT2D eigenvalue weighted by Crippen LogP contribution is 2.18. The van der Waals surface area contributed by atoms with Gasteiger partial charge in [0.05, 0.1) is 6.10 Å². The number of aliphatic hydroxyl groups is 1. The molecule has 1 saturated heterocycles. The van der Waals surface area contributed by atoms with Gasteiger partial charge < -0.3 is 10.0 Å². The van der Waals surface area contributed by atoms with Gasteiger partial charge in [0.15, 0.2) is 0 Å². The Morgan fingerprint density at radius 3 is 2.68 bits per heavy atom. The first-order valence-corrected chi connectivity index (χ1v) is 7.65. The Balaban J connectivity index is 1.74. The van der Waals surface area contributed by atoms with Gasteiger partial charge in [0.25, 0.3) is 0 Å². The molecule has 2 rings (SSSR count). The molecule has 0 bridgehead atoms. The molecular weight excluding hydrogens is 306 g/mol. The van der Waals surface area contributed by atoms with E-state index in [0.717, 1.165) is 30.2 Å². The lowest BCUT2D eigenvalue weighted by Crippen LogP contribution is -2.39. The van der Waals surface area contributed by atoms with Gasteiger partial charge in [-0.25, -0.2) is 0 Å². The van der Waals surface area contributed by atoms with E-state index >= 15 is 0 Å². The molecule has 1 aromatic carbocycles. The highest BCUT2D eigenvalue weighted by Gasteiger charge is 2.20. The average molecular weight is 326 g/mol. The van der Waals surface area contributed by atoms with E-state index in [1.807, 2.05) is 23.1 Å². The molecule has 1 aromatic rings. The Kier molecular flexibility index (Phi) is 5.40. The number of amides is 1. The quantitative estimate of drug-likeness (QED) is 0.924. The summed E-state index contributed by atoms with van der Waals surface area (Å²) in [5.41, 5.74) is 1.25. The normalized spacial score (nSPS) is 16.6. The zero-order chi connectivity index (χ0) is 13.7. The Hall–Kier alpha value is -0.870. The van der Waals surface area contributed by atoms with E-state index < -0.39 is 0 Å². The minimum absolute atomic E-state index is 0.218. The number of carbonyl (C=O) groups excluding carboxylic acids is 1. The van der Waals surface area contributed by atoms with Crippen LogP contribution in [-0.4, -0.2) is 35.1 Å². The number of rotatable bonds is 4. The molecule has 104 valence electrons. The fourth-order valence-electron chi connectivity index (χ4n) is 2.40. The second-order valence-electron chi connectivity index (χ2n) is 5.06.